The minimum atomic E-state index is -0.290. The fraction of sp³-hybridized carbons (Fsp3) is 0.333. The Balaban J connectivity index is 2.05. The van der Waals surface area contributed by atoms with Crippen molar-refractivity contribution in [3.05, 3.63) is 51.5 Å². The summed E-state index contributed by atoms with van der Waals surface area (Å²) in [5.41, 5.74) is 9.97. The maximum atomic E-state index is 12.4. The van der Waals surface area contributed by atoms with Crippen LogP contribution in [-0.4, -0.2) is 12.4 Å². The maximum Gasteiger partial charge on any atom is 0.158 e. The van der Waals surface area contributed by atoms with Crippen molar-refractivity contribution in [3.8, 4) is 11.8 Å². The van der Waals surface area contributed by atoms with Gasteiger partial charge in [-0.1, -0.05) is 25.5 Å². The van der Waals surface area contributed by atoms with E-state index in [1.165, 1.54) is 11.3 Å². The predicted molar refractivity (Wildman–Crippen MR) is 109 cm³/mol. The van der Waals surface area contributed by atoms with Crippen molar-refractivity contribution in [1.82, 2.24) is 0 Å². The van der Waals surface area contributed by atoms with E-state index in [4.69, 9.17) is 10.5 Å². The summed E-state index contributed by atoms with van der Waals surface area (Å²) in [6.07, 6.45) is 2.10. The fourth-order valence-corrected chi connectivity index (χ4v) is 4.42. The molecule has 1 aliphatic heterocycles. The Bertz CT molecular complexity index is 936. The number of rotatable bonds is 6. The largest absolute Gasteiger partial charge is 0.494 e. The summed E-state index contributed by atoms with van der Waals surface area (Å²) in [5, 5.41) is 13.4. The van der Waals surface area contributed by atoms with Crippen LogP contribution in [0.2, 0.25) is 0 Å². The van der Waals surface area contributed by atoms with Gasteiger partial charge >= 0.3 is 0 Å². The first-order valence-corrected chi connectivity index (χ1v) is 9.83. The van der Waals surface area contributed by atoms with Crippen LogP contribution >= 0.6 is 11.3 Å². The molecule has 0 saturated carbocycles. The molecule has 1 aromatic heterocycles. The fourth-order valence-electron chi connectivity index (χ4n) is 3.41. The van der Waals surface area contributed by atoms with Crippen LogP contribution in [0.4, 0.5) is 10.7 Å². The average molecular weight is 382 g/mol. The molecule has 1 aliphatic rings. The topological polar surface area (TPSA) is 88.1 Å². The number of fused-ring (bicyclic) bond motifs is 1. The van der Waals surface area contributed by atoms with Crippen LogP contribution < -0.4 is 15.8 Å². The number of nitrogens with one attached hydrogen (secondary N) is 1. The number of carbonyl (C=O) groups is 1. The third-order valence-corrected chi connectivity index (χ3v) is 5.77. The molecule has 0 saturated heterocycles. The molecule has 0 amide bonds. The number of nitriles is 1. The molecular formula is C21H23N3O2S. The molecule has 0 aliphatic carbocycles. The highest BCUT2D eigenvalue weighted by atomic mass is 32.1. The Labute approximate surface area is 163 Å². The number of ether oxygens (including phenoxy) is 1. The zero-order valence-corrected chi connectivity index (χ0v) is 16.6. The summed E-state index contributed by atoms with van der Waals surface area (Å²) in [4.78, 5) is 12.9. The summed E-state index contributed by atoms with van der Waals surface area (Å²) in [6, 6.07) is 9.94. The van der Waals surface area contributed by atoms with Gasteiger partial charge in [-0.15, -0.1) is 11.3 Å². The number of hydrogen-bond donors (Lipinski definition) is 2. The minimum Gasteiger partial charge on any atom is -0.494 e. The Kier molecular flexibility index (Phi) is 5.52. The zero-order chi connectivity index (χ0) is 19.6. The molecule has 0 bridgehead atoms. The number of benzene rings is 1. The molecule has 0 fully saturated rings. The number of ketones is 1. The van der Waals surface area contributed by atoms with E-state index in [1.807, 2.05) is 31.2 Å². The Morgan fingerprint density at radius 1 is 1.37 bits per heavy atom. The van der Waals surface area contributed by atoms with Gasteiger partial charge in [0.1, 0.15) is 21.7 Å². The van der Waals surface area contributed by atoms with Crippen LogP contribution in [0.1, 0.15) is 55.5 Å². The molecule has 27 heavy (non-hydrogen) atoms. The van der Waals surface area contributed by atoms with Crippen LogP contribution in [0.25, 0.3) is 0 Å². The van der Waals surface area contributed by atoms with E-state index < -0.39 is 0 Å². The number of nitrogens with zero attached hydrogens (tertiary/aromatic N) is 1. The quantitative estimate of drug-likeness (QED) is 0.702. The summed E-state index contributed by atoms with van der Waals surface area (Å²) >= 11 is 1.33. The highest BCUT2D eigenvalue weighted by Crippen LogP contribution is 2.49. The number of hydrogen-bond acceptors (Lipinski definition) is 6. The third kappa shape index (κ3) is 3.56. The number of allylic oxidation sites excluding steroid dienone is 2. The Hall–Kier alpha value is -2.78. The van der Waals surface area contributed by atoms with Crippen molar-refractivity contribution >= 4 is 27.8 Å². The smallest absolute Gasteiger partial charge is 0.158 e. The van der Waals surface area contributed by atoms with Gasteiger partial charge in [0.25, 0.3) is 0 Å². The normalized spacial score (nSPS) is 15.7. The first-order chi connectivity index (χ1) is 13.0. The van der Waals surface area contributed by atoms with Crippen LogP contribution in [0.15, 0.2) is 35.5 Å². The van der Waals surface area contributed by atoms with Crippen LogP contribution in [-0.2, 0) is 4.79 Å². The summed E-state index contributed by atoms with van der Waals surface area (Å²) in [7, 11) is 0. The molecule has 3 rings (SSSR count). The van der Waals surface area contributed by atoms with Gasteiger partial charge in [0, 0.05) is 22.8 Å². The van der Waals surface area contributed by atoms with Gasteiger partial charge in [0.2, 0.25) is 0 Å². The number of unbranched alkanes of at least 4 members (excludes halogenated alkanes) is 1. The molecule has 6 heteroatoms. The van der Waals surface area contributed by atoms with Gasteiger partial charge in [-0.25, -0.2) is 0 Å². The van der Waals surface area contributed by atoms with Gasteiger partial charge in [-0.05, 0) is 38.0 Å². The van der Waals surface area contributed by atoms with E-state index in [0.29, 0.717) is 22.7 Å². The second-order valence-electron chi connectivity index (χ2n) is 6.62. The van der Waals surface area contributed by atoms with Crippen molar-refractivity contribution < 1.29 is 9.53 Å². The first-order valence-electron chi connectivity index (χ1n) is 9.01. The van der Waals surface area contributed by atoms with Crippen molar-refractivity contribution in [1.29, 1.82) is 5.26 Å². The van der Waals surface area contributed by atoms with Crippen LogP contribution in [0.3, 0.4) is 0 Å². The highest BCUT2D eigenvalue weighted by Gasteiger charge is 2.34. The van der Waals surface area contributed by atoms with E-state index in [1.54, 1.807) is 6.92 Å². The number of nitrogen functional groups attached to an aromatic ring is 1. The molecule has 2 aromatic rings. The van der Waals surface area contributed by atoms with Crippen molar-refractivity contribution in [2.45, 2.75) is 39.5 Å². The molecule has 5 nitrogen and oxygen atoms in total. The Morgan fingerprint density at radius 3 is 2.67 bits per heavy atom. The zero-order valence-electron chi connectivity index (χ0n) is 15.8. The lowest BCUT2D eigenvalue weighted by atomic mass is 9.80. The molecule has 0 radical (unpaired) electrons. The van der Waals surface area contributed by atoms with E-state index in [0.717, 1.165) is 40.4 Å². The number of anilines is 2. The molecule has 140 valence electrons. The van der Waals surface area contributed by atoms with E-state index >= 15 is 0 Å². The minimum absolute atomic E-state index is 0.0111. The molecule has 1 aromatic carbocycles. The van der Waals surface area contributed by atoms with E-state index in [-0.39, 0.29) is 11.7 Å². The van der Waals surface area contributed by atoms with Gasteiger partial charge in [-0.3, -0.25) is 4.79 Å². The number of thiophene rings is 1. The first kappa shape index (κ1) is 19.0. The van der Waals surface area contributed by atoms with Gasteiger partial charge in [-0.2, -0.15) is 5.26 Å². The molecular weight excluding hydrogens is 358 g/mol. The average Bonchev–Trinajstić information content (AvgIpc) is 2.96. The van der Waals surface area contributed by atoms with Crippen LogP contribution in [0.5, 0.6) is 5.75 Å². The third-order valence-electron chi connectivity index (χ3n) is 4.73. The second-order valence-corrected chi connectivity index (χ2v) is 7.64. The lowest BCUT2D eigenvalue weighted by molar-refractivity contribution is -0.113. The maximum absolute atomic E-state index is 12.4. The Morgan fingerprint density at radius 2 is 2.07 bits per heavy atom. The number of carbonyl (C=O) groups excluding carboxylic acids is 1. The van der Waals surface area contributed by atoms with Crippen LogP contribution in [0, 0.1) is 11.3 Å². The summed E-state index contributed by atoms with van der Waals surface area (Å²) < 4.78 is 5.74. The molecule has 3 N–H and O–H groups in total. The summed E-state index contributed by atoms with van der Waals surface area (Å²) in [5.74, 6) is 0.507. The summed E-state index contributed by atoms with van der Waals surface area (Å²) in [6.45, 7) is 6.26. The monoisotopic (exact) mass is 381 g/mol. The van der Waals surface area contributed by atoms with Crippen molar-refractivity contribution in [3.63, 3.8) is 0 Å². The lowest BCUT2D eigenvalue weighted by Gasteiger charge is -2.28. The van der Waals surface area contributed by atoms with Crippen molar-refractivity contribution in [2.24, 2.45) is 0 Å². The SMILES string of the molecule is CCCCOc1ccc([C@@H]2C(C(C)=O)=C(C)Nc3sc(C#N)c(N)c32)cc1. The van der Waals surface area contributed by atoms with Gasteiger partial charge in [0.05, 0.1) is 12.3 Å². The number of nitrogens with two attached hydrogens (primary N) is 1. The standard InChI is InChI=1S/C21H23N3O2S/c1-4-5-10-26-15-8-6-14(7-9-15)18-17(13(3)25)12(2)24-21-19(18)20(23)16(11-22)27-21/h6-9,18,24H,4-5,10,23H2,1-3H3/t18-/m1/s1. The van der Waals surface area contributed by atoms with Gasteiger partial charge < -0.3 is 15.8 Å². The number of Topliss-reactive ketones (excluding diaryl/α,β-unsaturated/α-hetero) is 1. The molecule has 1 atom stereocenters. The van der Waals surface area contributed by atoms with E-state index in [9.17, 15) is 10.1 Å². The molecule has 2 heterocycles. The molecule has 0 spiro atoms. The predicted octanol–water partition coefficient (Wildman–Crippen LogP) is 4.80. The van der Waals surface area contributed by atoms with E-state index in [2.05, 4.69) is 18.3 Å². The van der Waals surface area contributed by atoms with Crippen molar-refractivity contribution in [2.75, 3.05) is 17.7 Å². The lowest BCUT2D eigenvalue weighted by Crippen LogP contribution is -2.21. The highest BCUT2D eigenvalue weighted by molar-refractivity contribution is 7.17. The second kappa shape index (κ2) is 7.85. The van der Waals surface area contributed by atoms with Gasteiger partial charge in [0.15, 0.2) is 5.78 Å². The molecule has 0 unspecified atom stereocenters.